The third-order valence-electron chi connectivity index (χ3n) is 3.88. The molecule has 2 heterocycles. The van der Waals surface area contributed by atoms with E-state index in [0.717, 1.165) is 4.68 Å². The van der Waals surface area contributed by atoms with Crippen LogP contribution < -0.4 is 16.3 Å². The maximum atomic E-state index is 12.1. The molecule has 1 aromatic rings. The molecule has 1 aromatic heterocycles. The average molecular weight is 295 g/mol. The molecule has 0 bridgehead atoms. The van der Waals surface area contributed by atoms with Crippen LogP contribution >= 0.6 is 0 Å². The summed E-state index contributed by atoms with van der Waals surface area (Å²) in [7, 11) is 1.61. The van der Waals surface area contributed by atoms with Crippen LogP contribution in [0.1, 0.15) is 32.5 Å². The summed E-state index contributed by atoms with van der Waals surface area (Å²) in [5, 5.41) is 9.76. The molecule has 0 spiro atoms. The number of nitrogens with zero attached hydrogens (tertiary/aromatic N) is 3. The molecule has 1 atom stereocenters. The van der Waals surface area contributed by atoms with Crippen LogP contribution in [-0.4, -0.2) is 37.7 Å². The minimum atomic E-state index is -0.504. The second-order valence-electron chi connectivity index (χ2n) is 5.98. The fraction of sp³-hybridized carbons (Fsp3) is 0.692. The summed E-state index contributed by atoms with van der Waals surface area (Å²) in [6.45, 7) is 5.31. The molecule has 0 saturated carbocycles. The van der Waals surface area contributed by atoms with Gasteiger partial charge in [0.05, 0.1) is 11.6 Å². The van der Waals surface area contributed by atoms with Gasteiger partial charge >= 0.3 is 5.69 Å². The first-order valence-corrected chi connectivity index (χ1v) is 6.91. The molecule has 1 aliphatic rings. The highest BCUT2D eigenvalue weighted by atomic mass is 16.2. The molecule has 8 heteroatoms. The smallest absolute Gasteiger partial charge is 0.346 e. The fourth-order valence-corrected chi connectivity index (χ4v) is 2.47. The van der Waals surface area contributed by atoms with Crippen LogP contribution in [0, 0.1) is 6.92 Å². The lowest BCUT2D eigenvalue weighted by atomic mass is 9.87. The highest BCUT2D eigenvalue weighted by Crippen LogP contribution is 2.19. The third-order valence-corrected chi connectivity index (χ3v) is 3.88. The Balaban J connectivity index is 2.03. The summed E-state index contributed by atoms with van der Waals surface area (Å²) in [5.41, 5.74) is -0.824. The quantitative estimate of drug-likeness (QED) is 0.752. The monoisotopic (exact) mass is 295 g/mol. The molecule has 0 radical (unpaired) electrons. The normalized spacial score (nSPS) is 21.0. The first-order valence-electron chi connectivity index (χ1n) is 6.91. The van der Waals surface area contributed by atoms with Gasteiger partial charge in [0.25, 0.3) is 0 Å². The molecule has 1 unspecified atom stereocenters. The van der Waals surface area contributed by atoms with E-state index in [4.69, 9.17) is 0 Å². The number of aryl methyl sites for hydroxylation is 1. The minimum absolute atomic E-state index is 0.0120. The second-order valence-corrected chi connectivity index (χ2v) is 5.98. The van der Waals surface area contributed by atoms with Crippen LogP contribution in [0.4, 0.5) is 0 Å². The number of nitrogens with one attached hydrogen (secondary N) is 2. The topological polar surface area (TPSA) is 98.0 Å². The number of rotatable bonds is 3. The summed E-state index contributed by atoms with van der Waals surface area (Å²) in [6.07, 6.45) is 0.970. The summed E-state index contributed by atoms with van der Waals surface area (Å²) in [5.74, 6) is 0.254. The lowest BCUT2D eigenvalue weighted by Gasteiger charge is -2.39. The molecule has 0 aromatic carbocycles. The lowest BCUT2D eigenvalue weighted by Crippen LogP contribution is -2.62. The number of hydrogen-bond donors (Lipinski definition) is 2. The molecule has 116 valence electrons. The number of carbonyl (C=O) groups is 2. The van der Waals surface area contributed by atoms with Gasteiger partial charge in [0, 0.05) is 13.5 Å². The van der Waals surface area contributed by atoms with E-state index in [1.807, 2.05) is 13.8 Å². The van der Waals surface area contributed by atoms with Gasteiger partial charge in [0.1, 0.15) is 12.4 Å². The Labute approximate surface area is 122 Å². The SMILES string of the molecule is Cc1nn(CC(=O)NC2CCC(=O)NC2(C)C)c(=O)n1C. The van der Waals surface area contributed by atoms with Gasteiger partial charge in [-0.25, -0.2) is 9.48 Å². The number of amides is 2. The van der Waals surface area contributed by atoms with Crippen molar-refractivity contribution in [2.75, 3.05) is 0 Å². The average Bonchev–Trinajstić information content (AvgIpc) is 2.60. The van der Waals surface area contributed by atoms with E-state index in [0.29, 0.717) is 18.7 Å². The third kappa shape index (κ3) is 3.14. The zero-order valence-electron chi connectivity index (χ0n) is 12.8. The number of piperidine rings is 1. The molecule has 2 amide bonds. The highest BCUT2D eigenvalue weighted by Gasteiger charge is 2.36. The van der Waals surface area contributed by atoms with Crippen LogP contribution in [0.2, 0.25) is 0 Å². The Hall–Kier alpha value is -2.12. The van der Waals surface area contributed by atoms with Crippen molar-refractivity contribution in [2.45, 2.75) is 51.7 Å². The molecule has 1 saturated heterocycles. The van der Waals surface area contributed by atoms with E-state index in [1.165, 1.54) is 4.57 Å². The molecule has 1 fully saturated rings. The maximum Gasteiger partial charge on any atom is 0.346 e. The van der Waals surface area contributed by atoms with Crippen molar-refractivity contribution < 1.29 is 9.59 Å². The first-order chi connectivity index (χ1) is 9.70. The van der Waals surface area contributed by atoms with E-state index in [1.54, 1.807) is 14.0 Å². The summed E-state index contributed by atoms with van der Waals surface area (Å²) < 4.78 is 2.52. The zero-order valence-corrected chi connectivity index (χ0v) is 12.8. The van der Waals surface area contributed by atoms with Gasteiger partial charge in [0.2, 0.25) is 11.8 Å². The van der Waals surface area contributed by atoms with Crippen molar-refractivity contribution in [3.8, 4) is 0 Å². The lowest BCUT2D eigenvalue weighted by molar-refractivity contribution is -0.129. The van der Waals surface area contributed by atoms with Crippen molar-refractivity contribution >= 4 is 11.8 Å². The van der Waals surface area contributed by atoms with Crippen molar-refractivity contribution in [3.05, 3.63) is 16.3 Å². The largest absolute Gasteiger partial charge is 0.349 e. The van der Waals surface area contributed by atoms with Gasteiger partial charge in [-0.1, -0.05) is 0 Å². The van der Waals surface area contributed by atoms with E-state index in [-0.39, 0.29) is 30.1 Å². The molecule has 0 aliphatic carbocycles. The number of aromatic nitrogens is 3. The Kier molecular flexibility index (Phi) is 3.89. The molecular formula is C13H21N5O3. The van der Waals surface area contributed by atoms with Gasteiger partial charge in [0.15, 0.2) is 0 Å². The summed E-state index contributed by atoms with van der Waals surface area (Å²) in [6, 6.07) is -0.164. The summed E-state index contributed by atoms with van der Waals surface area (Å²) >= 11 is 0. The first kappa shape index (κ1) is 15.3. The van der Waals surface area contributed by atoms with Crippen LogP contribution in [0.15, 0.2) is 4.79 Å². The van der Waals surface area contributed by atoms with Crippen LogP contribution in [0.3, 0.4) is 0 Å². The molecule has 1 aliphatic heterocycles. The highest BCUT2D eigenvalue weighted by molar-refractivity contribution is 5.79. The minimum Gasteiger partial charge on any atom is -0.349 e. The van der Waals surface area contributed by atoms with Crippen LogP contribution in [0.5, 0.6) is 0 Å². The van der Waals surface area contributed by atoms with Crippen LogP contribution in [0.25, 0.3) is 0 Å². The predicted molar refractivity (Wildman–Crippen MR) is 75.6 cm³/mol. The Morgan fingerprint density at radius 1 is 1.48 bits per heavy atom. The standard InChI is InChI=1S/C13H21N5O3/c1-8-16-18(12(21)17(8)4)7-11(20)14-9-5-6-10(19)15-13(9,2)3/h9H,5-7H2,1-4H3,(H,14,20)(H,15,19). The second kappa shape index (κ2) is 5.34. The van der Waals surface area contributed by atoms with Gasteiger partial charge in [-0.3, -0.25) is 14.2 Å². The molecule has 2 N–H and O–H groups in total. The van der Waals surface area contributed by atoms with E-state index < -0.39 is 5.54 Å². The number of carbonyl (C=O) groups excluding carboxylic acids is 2. The van der Waals surface area contributed by atoms with Gasteiger partial charge in [-0.15, -0.1) is 0 Å². The molecular weight excluding hydrogens is 274 g/mol. The van der Waals surface area contributed by atoms with E-state index in [9.17, 15) is 14.4 Å². The number of hydrogen-bond acceptors (Lipinski definition) is 4. The van der Waals surface area contributed by atoms with E-state index >= 15 is 0 Å². The maximum absolute atomic E-state index is 12.1. The van der Waals surface area contributed by atoms with Gasteiger partial charge in [-0.05, 0) is 27.2 Å². The van der Waals surface area contributed by atoms with Crippen molar-refractivity contribution in [2.24, 2.45) is 7.05 Å². The molecule has 8 nitrogen and oxygen atoms in total. The Morgan fingerprint density at radius 3 is 2.67 bits per heavy atom. The predicted octanol–water partition coefficient (Wildman–Crippen LogP) is -0.936. The van der Waals surface area contributed by atoms with Gasteiger partial charge < -0.3 is 10.6 Å². The van der Waals surface area contributed by atoms with Crippen LogP contribution in [-0.2, 0) is 23.2 Å². The summed E-state index contributed by atoms with van der Waals surface area (Å²) in [4.78, 5) is 35.3. The Bertz CT molecular complexity index is 628. The zero-order chi connectivity index (χ0) is 15.8. The van der Waals surface area contributed by atoms with Crippen molar-refractivity contribution in [1.82, 2.24) is 25.0 Å². The van der Waals surface area contributed by atoms with E-state index in [2.05, 4.69) is 15.7 Å². The fourth-order valence-electron chi connectivity index (χ4n) is 2.47. The van der Waals surface area contributed by atoms with Crippen molar-refractivity contribution in [1.29, 1.82) is 0 Å². The molecule has 21 heavy (non-hydrogen) atoms. The van der Waals surface area contributed by atoms with Crippen molar-refractivity contribution in [3.63, 3.8) is 0 Å². The Morgan fingerprint density at radius 2 is 2.14 bits per heavy atom. The van der Waals surface area contributed by atoms with Gasteiger partial charge in [-0.2, -0.15) is 5.10 Å². The molecule has 2 rings (SSSR count).